The zero-order chi connectivity index (χ0) is 14.9. The minimum Gasteiger partial charge on any atom is -0.341 e. The number of nitrogens with zero attached hydrogens (tertiary/aromatic N) is 1. The average molecular weight is 285 g/mol. The molecule has 0 amide bonds. The smallest absolute Gasteiger partial charge is 0.290 e. The number of benzene rings is 2. The number of aromatic nitrogens is 1. The summed E-state index contributed by atoms with van der Waals surface area (Å²) in [5, 5.41) is 0.691. The summed E-state index contributed by atoms with van der Waals surface area (Å²) in [5.41, 5.74) is 1.13. The minimum atomic E-state index is -2.97. The van der Waals surface area contributed by atoms with Gasteiger partial charge in [-0.25, -0.2) is 0 Å². The number of rotatable bonds is 4. The molecule has 2 nitrogen and oxygen atoms in total. The molecule has 2 aromatic carbocycles. The Hall–Kier alpha value is -2.49. The van der Waals surface area contributed by atoms with Crippen LogP contribution in [0.3, 0.4) is 0 Å². The SMILES string of the molecule is O=Cc1cccc2c1ccn2CC(F)(F)c1ccccc1. The van der Waals surface area contributed by atoms with Crippen LogP contribution in [0.15, 0.2) is 60.8 Å². The Kier molecular flexibility index (Phi) is 3.29. The second-order valence-corrected chi connectivity index (χ2v) is 4.91. The summed E-state index contributed by atoms with van der Waals surface area (Å²) in [4.78, 5) is 11.0. The van der Waals surface area contributed by atoms with Gasteiger partial charge in [0, 0.05) is 28.2 Å². The Morgan fingerprint density at radius 3 is 2.48 bits per heavy atom. The predicted octanol–water partition coefficient (Wildman–Crippen LogP) is 4.25. The van der Waals surface area contributed by atoms with E-state index < -0.39 is 12.5 Å². The van der Waals surface area contributed by atoms with E-state index in [1.165, 1.54) is 16.7 Å². The maximum atomic E-state index is 14.3. The van der Waals surface area contributed by atoms with E-state index >= 15 is 0 Å². The van der Waals surface area contributed by atoms with E-state index in [4.69, 9.17) is 0 Å². The lowest BCUT2D eigenvalue weighted by Gasteiger charge is -2.18. The predicted molar refractivity (Wildman–Crippen MR) is 77.7 cm³/mol. The van der Waals surface area contributed by atoms with E-state index in [0.29, 0.717) is 16.5 Å². The molecule has 0 fully saturated rings. The highest BCUT2D eigenvalue weighted by Gasteiger charge is 2.32. The average Bonchev–Trinajstić information content (AvgIpc) is 2.91. The molecule has 3 aromatic rings. The maximum Gasteiger partial charge on any atom is 0.290 e. The van der Waals surface area contributed by atoms with Crippen LogP contribution in [0.25, 0.3) is 10.9 Å². The fraction of sp³-hybridized carbons (Fsp3) is 0.118. The molecule has 0 bridgehead atoms. The van der Waals surface area contributed by atoms with E-state index in [1.54, 1.807) is 48.7 Å². The lowest BCUT2D eigenvalue weighted by Crippen LogP contribution is -2.20. The van der Waals surface area contributed by atoms with Crippen molar-refractivity contribution in [2.75, 3.05) is 0 Å². The standard InChI is InChI=1S/C17H13F2NO/c18-17(19,14-6-2-1-3-7-14)12-20-10-9-15-13(11-21)5-4-8-16(15)20/h1-11H,12H2. The summed E-state index contributed by atoms with van der Waals surface area (Å²) in [7, 11) is 0. The van der Waals surface area contributed by atoms with Crippen molar-refractivity contribution >= 4 is 17.2 Å². The fourth-order valence-electron chi connectivity index (χ4n) is 2.48. The number of fused-ring (bicyclic) bond motifs is 1. The van der Waals surface area contributed by atoms with Gasteiger partial charge in [0.1, 0.15) is 0 Å². The number of carbonyl (C=O) groups is 1. The first-order chi connectivity index (χ1) is 10.1. The van der Waals surface area contributed by atoms with Gasteiger partial charge >= 0.3 is 0 Å². The van der Waals surface area contributed by atoms with Crippen LogP contribution in [0.2, 0.25) is 0 Å². The van der Waals surface area contributed by atoms with Gasteiger partial charge in [-0.2, -0.15) is 8.78 Å². The minimum absolute atomic E-state index is 0.0154. The van der Waals surface area contributed by atoms with Crippen molar-refractivity contribution in [3.05, 3.63) is 71.9 Å². The first-order valence-corrected chi connectivity index (χ1v) is 6.58. The van der Waals surface area contributed by atoms with Crippen LogP contribution in [0.4, 0.5) is 8.78 Å². The van der Waals surface area contributed by atoms with Gasteiger partial charge < -0.3 is 4.57 Å². The maximum absolute atomic E-state index is 14.3. The second-order valence-electron chi connectivity index (χ2n) is 4.91. The third-order valence-corrected chi connectivity index (χ3v) is 3.54. The van der Waals surface area contributed by atoms with Crippen molar-refractivity contribution in [3.63, 3.8) is 0 Å². The molecule has 0 radical (unpaired) electrons. The fourth-order valence-corrected chi connectivity index (χ4v) is 2.48. The first-order valence-electron chi connectivity index (χ1n) is 6.58. The van der Waals surface area contributed by atoms with Gasteiger partial charge in [0.05, 0.1) is 6.54 Å². The molecule has 0 N–H and O–H groups in total. The molecule has 0 spiro atoms. The van der Waals surface area contributed by atoms with Gasteiger partial charge in [-0.05, 0) is 12.1 Å². The molecule has 0 saturated heterocycles. The summed E-state index contributed by atoms with van der Waals surface area (Å²) < 4.78 is 30.2. The highest BCUT2D eigenvalue weighted by molar-refractivity contribution is 5.97. The molecule has 106 valence electrons. The Labute approximate surface area is 120 Å². The molecule has 0 aliphatic heterocycles. The Balaban J connectivity index is 2.01. The van der Waals surface area contributed by atoms with Crippen LogP contribution in [0.5, 0.6) is 0 Å². The summed E-state index contributed by atoms with van der Waals surface area (Å²) >= 11 is 0. The van der Waals surface area contributed by atoms with Crippen molar-refractivity contribution < 1.29 is 13.6 Å². The number of aldehydes is 1. The van der Waals surface area contributed by atoms with Crippen molar-refractivity contribution in [1.82, 2.24) is 4.57 Å². The van der Waals surface area contributed by atoms with E-state index in [1.807, 2.05) is 0 Å². The van der Waals surface area contributed by atoms with Gasteiger partial charge in [0.25, 0.3) is 5.92 Å². The molecule has 0 atom stereocenters. The normalized spacial score (nSPS) is 11.7. The van der Waals surface area contributed by atoms with Crippen molar-refractivity contribution in [2.24, 2.45) is 0 Å². The van der Waals surface area contributed by atoms with E-state index in [0.717, 1.165) is 6.29 Å². The number of hydrogen-bond donors (Lipinski definition) is 0. The zero-order valence-electron chi connectivity index (χ0n) is 11.2. The largest absolute Gasteiger partial charge is 0.341 e. The summed E-state index contributed by atoms with van der Waals surface area (Å²) in [5.74, 6) is -2.97. The summed E-state index contributed by atoms with van der Waals surface area (Å²) in [6.07, 6.45) is 2.33. The summed E-state index contributed by atoms with van der Waals surface area (Å²) in [6, 6.07) is 14.6. The molecule has 21 heavy (non-hydrogen) atoms. The zero-order valence-corrected chi connectivity index (χ0v) is 11.2. The molecule has 0 aliphatic rings. The molecule has 3 rings (SSSR count). The van der Waals surface area contributed by atoms with E-state index in [-0.39, 0.29) is 5.56 Å². The van der Waals surface area contributed by atoms with Gasteiger partial charge in [-0.15, -0.1) is 0 Å². The first kappa shape index (κ1) is 13.5. The van der Waals surface area contributed by atoms with E-state index in [2.05, 4.69) is 0 Å². The highest BCUT2D eigenvalue weighted by Crippen LogP contribution is 2.31. The van der Waals surface area contributed by atoms with Gasteiger partial charge in [0.15, 0.2) is 6.29 Å². The second kappa shape index (κ2) is 5.13. The van der Waals surface area contributed by atoms with Crippen LogP contribution in [-0.2, 0) is 12.5 Å². The van der Waals surface area contributed by atoms with Crippen LogP contribution in [-0.4, -0.2) is 10.9 Å². The van der Waals surface area contributed by atoms with Crippen molar-refractivity contribution in [3.8, 4) is 0 Å². The number of alkyl halides is 2. The number of carbonyl (C=O) groups excluding carboxylic acids is 1. The molecule has 0 aliphatic carbocycles. The topological polar surface area (TPSA) is 22.0 Å². The van der Waals surface area contributed by atoms with Crippen LogP contribution >= 0.6 is 0 Å². The summed E-state index contributed by atoms with van der Waals surface area (Å²) in [6.45, 7) is -0.456. The monoisotopic (exact) mass is 285 g/mol. The van der Waals surface area contributed by atoms with Crippen molar-refractivity contribution in [1.29, 1.82) is 0 Å². The molecular weight excluding hydrogens is 272 g/mol. The van der Waals surface area contributed by atoms with Crippen LogP contribution in [0, 0.1) is 0 Å². The molecule has 0 unspecified atom stereocenters. The Morgan fingerprint density at radius 1 is 1.00 bits per heavy atom. The van der Waals surface area contributed by atoms with Crippen molar-refractivity contribution in [2.45, 2.75) is 12.5 Å². The lowest BCUT2D eigenvalue weighted by atomic mass is 10.1. The molecule has 1 aromatic heterocycles. The Morgan fingerprint density at radius 2 is 1.76 bits per heavy atom. The quantitative estimate of drug-likeness (QED) is 0.657. The van der Waals surface area contributed by atoms with Gasteiger partial charge in [-0.3, -0.25) is 4.79 Å². The Bertz CT molecular complexity index is 778. The lowest BCUT2D eigenvalue weighted by molar-refractivity contribution is -0.0211. The highest BCUT2D eigenvalue weighted by atomic mass is 19.3. The molecule has 4 heteroatoms. The molecular formula is C17H13F2NO. The molecule has 1 heterocycles. The number of halogens is 2. The third kappa shape index (κ3) is 2.44. The third-order valence-electron chi connectivity index (χ3n) is 3.54. The van der Waals surface area contributed by atoms with Crippen LogP contribution < -0.4 is 0 Å². The van der Waals surface area contributed by atoms with Gasteiger partial charge in [0.2, 0.25) is 0 Å². The van der Waals surface area contributed by atoms with Gasteiger partial charge in [-0.1, -0.05) is 42.5 Å². The molecule has 0 saturated carbocycles. The number of hydrogen-bond acceptors (Lipinski definition) is 1. The van der Waals surface area contributed by atoms with Crippen LogP contribution in [0.1, 0.15) is 15.9 Å². The van der Waals surface area contributed by atoms with E-state index in [9.17, 15) is 13.6 Å².